The molecule has 0 saturated heterocycles. The van der Waals surface area contributed by atoms with Gasteiger partial charge in [0.25, 0.3) is 0 Å². The van der Waals surface area contributed by atoms with Crippen LogP contribution in [0.5, 0.6) is 5.75 Å². The van der Waals surface area contributed by atoms with Gasteiger partial charge < -0.3 is 15.5 Å². The second-order valence-corrected chi connectivity index (χ2v) is 3.99. The molecule has 4 nitrogen and oxygen atoms in total. The largest absolute Gasteiger partial charge is 0.489 e. The number of benzene rings is 1. The molecule has 0 amide bonds. The van der Waals surface area contributed by atoms with Gasteiger partial charge >= 0.3 is 0 Å². The van der Waals surface area contributed by atoms with Gasteiger partial charge in [0, 0.05) is 11.1 Å². The first-order valence-corrected chi connectivity index (χ1v) is 5.38. The molecule has 0 aliphatic carbocycles. The minimum atomic E-state index is -0.236. The SMILES string of the molecule is Nc1cc(COc2ccc(Cl)cc2)cc(=O)[nH]1. The van der Waals surface area contributed by atoms with Gasteiger partial charge in [0.2, 0.25) is 5.56 Å². The van der Waals surface area contributed by atoms with E-state index in [2.05, 4.69) is 4.98 Å². The van der Waals surface area contributed by atoms with E-state index in [1.54, 1.807) is 30.3 Å². The zero-order chi connectivity index (χ0) is 12.3. The van der Waals surface area contributed by atoms with Crippen molar-refractivity contribution in [3.05, 3.63) is 57.3 Å². The highest BCUT2D eigenvalue weighted by molar-refractivity contribution is 6.30. The first-order valence-electron chi connectivity index (χ1n) is 5.00. The van der Waals surface area contributed by atoms with Crippen molar-refractivity contribution in [1.82, 2.24) is 4.98 Å². The molecule has 2 rings (SSSR count). The average molecular weight is 251 g/mol. The van der Waals surface area contributed by atoms with Gasteiger partial charge in [-0.3, -0.25) is 4.79 Å². The van der Waals surface area contributed by atoms with E-state index in [1.165, 1.54) is 6.07 Å². The average Bonchev–Trinajstić information content (AvgIpc) is 2.27. The third-order valence-corrected chi connectivity index (χ3v) is 2.40. The quantitative estimate of drug-likeness (QED) is 0.877. The molecule has 0 unspecified atom stereocenters. The summed E-state index contributed by atoms with van der Waals surface area (Å²) in [7, 11) is 0. The maximum absolute atomic E-state index is 11.2. The summed E-state index contributed by atoms with van der Waals surface area (Å²) in [5, 5.41) is 0.651. The normalized spacial score (nSPS) is 10.2. The number of ether oxygens (including phenoxy) is 1. The number of anilines is 1. The van der Waals surface area contributed by atoms with Crippen molar-refractivity contribution in [1.29, 1.82) is 0 Å². The zero-order valence-corrected chi connectivity index (χ0v) is 9.70. The summed E-state index contributed by atoms with van der Waals surface area (Å²) in [5.41, 5.74) is 6.01. The fourth-order valence-electron chi connectivity index (χ4n) is 1.41. The van der Waals surface area contributed by atoms with Crippen molar-refractivity contribution in [2.24, 2.45) is 0 Å². The van der Waals surface area contributed by atoms with Gasteiger partial charge in [-0.05, 0) is 35.9 Å². The van der Waals surface area contributed by atoms with Crippen LogP contribution in [-0.2, 0) is 6.61 Å². The molecular formula is C12H11ClN2O2. The summed E-state index contributed by atoms with van der Waals surface area (Å²) >= 11 is 5.75. The maximum Gasteiger partial charge on any atom is 0.249 e. The molecule has 88 valence electrons. The summed E-state index contributed by atoms with van der Waals surface area (Å²) in [4.78, 5) is 13.6. The lowest BCUT2D eigenvalue weighted by Gasteiger charge is -2.06. The Bertz CT molecular complexity index is 563. The number of hydrogen-bond donors (Lipinski definition) is 2. The fraction of sp³-hybridized carbons (Fsp3) is 0.0833. The molecule has 5 heteroatoms. The number of nitrogens with two attached hydrogens (primary N) is 1. The summed E-state index contributed by atoms with van der Waals surface area (Å²) in [6.07, 6.45) is 0. The summed E-state index contributed by atoms with van der Waals surface area (Å²) < 4.78 is 5.49. The van der Waals surface area contributed by atoms with Crippen LogP contribution < -0.4 is 16.0 Å². The minimum absolute atomic E-state index is 0.236. The van der Waals surface area contributed by atoms with Crippen LogP contribution in [0.1, 0.15) is 5.56 Å². The highest BCUT2D eigenvalue weighted by Crippen LogP contribution is 2.16. The Hall–Kier alpha value is -1.94. The Morgan fingerprint density at radius 2 is 1.94 bits per heavy atom. The van der Waals surface area contributed by atoms with Crippen molar-refractivity contribution in [3.63, 3.8) is 0 Å². The molecule has 0 atom stereocenters. The van der Waals surface area contributed by atoms with E-state index >= 15 is 0 Å². The molecule has 0 radical (unpaired) electrons. The van der Waals surface area contributed by atoms with Gasteiger partial charge in [0.15, 0.2) is 0 Å². The number of nitrogen functional groups attached to an aromatic ring is 1. The highest BCUT2D eigenvalue weighted by atomic mass is 35.5. The van der Waals surface area contributed by atoms with Gasteiger partial charge in [-0.2, -0.15) is 0 Å². The predicted molar refractivity (Wildman–Crippen MR) is 67.3 cm³/mol. The van der Waals surface area contributed by atoms with Crippen molar-refractivity contribution >= 4 is 17.4 Å². The van der Waals surface area contributed by atoms with E-state index in [4.69, 9.17) is 22.1 Å². The Kier molecular flexibility index (Phi) is 3.35. The van der Waals surface area contributed by atoms with Crippen LogP contribution >= 0.6 is 11.6 Å². The first-order chi connectivity index (χ1) is 8.13. The van der Waals surface area contributed by atoms with Gasteiger partial charge in [0.05, 0.1) is 0 Å². The van der Waals surface area contributed by atoms with E-state index < -0.39 is 0 Å². The number of aromatic amines is 1. The minimum Gasteiger partial charge on any atom is -0.489 e. The van der Waals surface area contributed by atoms with Crippen LogP contribution in [0.3, 0.4) is 0 Å². The van der Waals surface area contributed by atoms with Gasteiger partial charge in [-0.25, -0.2) is 0 Å². The highest BCUT2D eigenvalue weighted by Gasteiger charge is 1.99. The molecule has 2 aromatic rings. The molecule has 0 spiro atoms. The van der Waals surface area contributed by atoms with Gasteiger partial charge in [0.1, 0.15) is 18.2 Å². The smallest absolute Gasteiger partial charge is 0.249 e. The summed E-state index contributed by atoms with van der Waals surface area (Å²) in [5.74, 6) is 1.01. The van der Waals surface area contributed by atoms with Gasteiger partial charge in [-0.1, -0.05) is 11.6 Å². The predicted octanol–water partition coefficient (Wildman–Crippen LogP) is 2.19. The molecule has 0 saturated carbocycles. The number of H-pyrrole nitrogens is 1. The van der Waals surface area contributed by atoms with Crippen LogP contribution in [0.25, 0.3) is 0 Å². The fourth-order valence-corrected chi connectivity index (χ4v) is 1.53. The number of aromatic nitrogens is 1. The molecule has 3 N–H and O–H groups in total. The molecule has 1 aromatic heterocycles. The third-order valence-electron chi connectivity index (χ3n) is 2.14. The Morgan fingerprint density at radius 3 is 2.59 bits per heavy atom. The number of hydrogen-bond acceptors (Lipinski definition) is 3. The molecule has 1 heterocycles. The lowest BCUT2D eigenvalue weighted by atomic mass is 10.3. The Balaban J connectivity index is 2.07. The standard InChI is InChI=1S/C12H11ClN2O2/c13-9-1-3-10(4-2-9)17-7-8-5-11(14)15-12(16)6-8/h1-6H,7H2,(H3,14,15,16). The van der Waals surface area contributed by atoms with Crippen LogP contribution in [0.2, 0.25) is 5.02 Å². The molecule has 0 aliphatic rings. The third kappa shape index (κ3) is 3.26. The summed E-state index contributed by atoms with van der Waals surface area (Å²) in [6, 6.07) is 10.1. The molecule has 0 bridgehead atoms. The lowest BCUT2D eigenvalue weighted by Crippen LogP contribution is -2.10. The Morgan fingerprint density at radius 1 is 1.24 bits per heavy atom. The summed E-state index contributed by atoms with van der Waals surface area (Å²) in [6.45, 7) is 0.287. The van der Waals surface area contributed by atoms with E-state index in [-0.39, 0.29) is 12.2 Å². The number of rotatable bonds is 3. The van der Waals surface area contributed by atoms with Crippen LogP contribution in [0, 0.1) is 0 Å². The monoisotopic (exact) mass is 250 g/mol. The van der Waals surface area contributed by atoms with Gasteiger partial charge in [-0.15, -0.1) is 0 Å². The van der Waals surface area contributed by atoms with E-state index in [0.29, 0.717) is 16.6 Å². The van der Waals surface area contributed by atoms with Crippen LogP contribution in [-0.4, -0.2) is 4.98 Å². The number of nitrogens with one attached hydrogen (secondary N) is 1. The topological polar surface area (TPSA) is 68.1 Å². The number of pyridine rings is 1. The molecule has 0 aliphatic heterocycles. The second-order valence-electron chi connectivity index (χ2n) is 3.55. The van der Waals surface area contributed by atoms with Crippen molar-refractivity contribution < 1.29 is 4.74 Å². The molecule has 17 heavy (non-hydrogen) atoms. The van der Waals surface area contributed by atoms with Crippen molar-refractivity contribution in [3.8, 4) is 5.75 Å². The first kappa shape index (κ1) is 11.5. The van der Waals surface area contributed by atoms with E-state index in [1.807, 2.05) is 0 Å². The van der Waals surface area contributed by atoms with E-state index in [0.717, 1.165) is 5.56 Å². The lowest BCUT2D eigenvalue weighted by molar-refractivity contribution is 0.306. The van der Waals surface area contributed by atoms with Crippen LogP contribution in [0.4, 0.5) is 5.82 Å². The number of halogens is 1. The van der Waals surface area contributed by atoms with Crippen LogP contribution in [0.15, 0.2) is 41.2 Å². The maximum atomic E-state index is 11.2. The Labute approximate surface area is 103 Å². The molecular weight excluding hydrogens is 240 g/mol. The van der Waals surface area contributed by atoms with Crippen molar-refractivity contribution in [2.45, 2.75) is 6.61 Å². The molecule has 1 aromatic carbocycles. The van der Waals surface area contributed by atoms with Crippen molar-refractivity contribution in [2.75, 3.05) is 5.73 Å². The van der Waals surface area contributed by atoms with E-state index in [9.17, 15) is 4.79 Å². The zero-order valence-electron chi connectivity index (χ0n) is 8.94. The molecule has 0 fully saturated rings. The second kappa shape index (κ2) is 4.93.